The summed E-state index contributed by atoms with van der Waals surface area (Å²) in [6.45, 7) is 6.62. The van der Waals surface area contributed by atoms with Gasteiger partial charge in [-0.15, -0.1) is 6.58 Å². The van der Waals surface area contributed by atoms with Crippen molar-refractivity contribution in [2.75, 3.05) is 20.2 Å². The van der Waals surface area contributed by atoms with Crippen molar-refractivity contribution in [2.24, 2.45) is 0 Å². The quantitative estimate of drug-likeness (QED) is 0.619. The van der Waals surface area contributed by atoms with Crippen LogP contribution in [0.3, 0.4) is 0 Å². The van der Waals surface area contributed by atoms with E-state index >= 15 is 0 Å². The molecule has 0 radical (unpaired) electrons. The Morgan fingerprint density at radius 2 is 1.79 bits per heavy atom. The van der Waals surface area contributed by atoms with E-state index in [9.17, 15) is 13.2 Å². The Balaban J connectivity index is 2.19. The molecular weight excluding hydrogens is 376 g/mol. The highest BCUT2D eigenvalue weighted by molar-refractivity contribution is 7.89. The van der Waals surface area contributed by atoms with Crippen LogP contribution in [-0.4, -0.2) is 38.8 Å². The molecule has 2 rings (SSSR count). The van der Waals surface area contributed by atoms with Crippen molar-refractivity contribution in [3.8, 4) is 5.75 Å². The highest BCUT2D eigenvalue weighted by Gasteiger charge is 2.23. The van der Waals surface area contributed by atoms with Gasteiger partial charge in [0.2, 0.25) is 10.0 Å². The predicted octanol–water partition coefficient (Wildman–Crippen LogP) is 3.21. The number of nitrogens with one attached hydrogen (secondary N) is 1. The maximum absolute atomic E-state index is 13.0. The summed E-state index contributed by atoms with van der Waals surface area (Å²) < 4.78 is 32.4. The largest absolute Gasteiger partial charge is 0.497 e. The lowest BCUT2D eigenvalue weighted by molar-refractivity contribution is 0.0953. The summed E-state index contributed by atoms with van der Waals surface area (Å²) in [6.07, 6.45) is 2.41. The van der Waals surface area contributed by atoms with Crippen molar-refractivity contribution in [3.63, 3.8) is 0 Å². The number of carbonyl (C=O) groups is 1. The Morgan fingerprint density at radius 1 is 1.14 bits per heavy atom. The van der Waals surface area contributed by atoms with Crippen LogP contribution in [0.15, 0.2) is 66.1 Å². The number of carbonyl (C=O) groups excluding carboxylic acids is 1. The van der Waals surface area contributed by atoms with Gasteiger partial charge in [0.15, 0.2) is 0 Å². The monoisotopic (exact) mass is 402 g/mol. The molecule has 28 heavy (non-hydrogen) atoms. The zero-order valence-corrected chi connectivity index (χ0v) is 17.0. The van der Waals surface area contributed by atoms with Crippen LogP contribution >= 0.6 is 0 Å². The zero-order chi connectivity index (χ0) is 20.6. The molecule has 1 amide bonds. The molecule has 150 valence electrons. The Bertz CT molecular complexity index is 891. The molecule has 0 saturated heterocycles. The van der Waals surface area contributed by atoms with Crippen molar-refractivity contribution in [3.05, 3.63) is 72.3 Å². The summed E-state index contributed by atoms with van der Waals surface area (Å²) in [7, 11) is -2.17. The standard InChI is InChI=1S/C21H26N2O4S/c1-4-14-22-21(24)18-8-6-17(7-9-18)16-23(15-5-2)28(25,26)20-12-10-19(27-3)11-13-20/h5-13H,2,4,14-16H2,1,3H3,(H,22,24). The van der Waals surface area contributed by atoms with Crippen LogP contribution in [0.5, 0.6) is 5.75 Å². The van der Waals surface area contributed by atoms with Gasteiger partial charge in [0.25, 0.3) is 5.91 Å². The molecule has 0 spiro atoms. The molecule has 0 aromatic heterocycles. The normalized spacial score (nSPS) is 11.2. The van der Waals surface area contributed by atoms with Gasteiger partial charge in [-0.3, -0.25) is 4.79 Å². The van der Waals surface area contributed by atoms with E-state index in [1.54, 1.807) is 42.5 Å². The lowest BCUT2D eigenvalue weighted by Crippen LogP contribution is -2.31. The molecule has 0 atom stereocenters. The molecule has 2 aromatic carbocycles. The highest BCUT2D eigenvalue weighted by atomic mass is 32.2. The topological polar surface area (TPSA) is 75.7 Å². The molecule has 1 N–H and O–H groups in total. The van der Waals surface area contributed by atoms with Gasteiger partial charge >= 0.3 is 0 Å². The zero-order valence-electron chi connectivity index (χ0n) is 16.2. The Kier molecular flexibility index (Phi) is 7.78. The average Bonchev–Trinajstić information content (AvgIpc) is 2.72. The molecule has 0 aliphatic heterocycles. The summed E-state index contributed by atoms with van der Waals surface area (Å²) >= 11 is 0. The van der Waals surface area contributed by atoms with Gasteiger partial charge in [0, 0.05) is 25.2 Å². The van der Waals surface area contributed by atoms with Gasteiger partial charge in [0.05, 0.1) is 12.0 Å². The van der Waals surface area contributed by atoms with Gasteiger partial charge in [-0.05, 0) is 48.4 Å². The number of hydrogen-bond donors (Lipinski definition) is 1. The fraction of sp³-hybridized carbons (Fsp3) is 0.286. The first-order valence-electron chi connectivity index (χ1n) is 9.04. The van der Waals surface area contributed by atoms with Crippen molar-refractivity contribution >= 4 is 15.9 Å². The maximum Gasteiger partial charge on any atom is 0.251 e. The number of hydrogen-bond acceptors (Lipinski definition) is 4. The fourth-order valence-corrected chi connectivity index (χ4v) is 3.99. The Hall–Kier alpha value is -2.64. The summed E-state index contributed by atoms with van der Waals surface area (Å²) in [5.74, 6) is 0.452. The van der Waals surface area contributed by atoms with E-state index in [1.807, 2.05) is 6.92 Å². The number of ether oxygens (including phenoxy) is 1. The Morgan fingerprint density at radius 3 is 2.32 bits per heavy atom. The van der Waals surface area contributed by atoms with Crippen LogP contribution in [0.1, 0.15) is 29.3 Å². The second-order valence-corrected chi connectivity index (χ2v) is 8.15. The molecule has 0 heterocycles. The van der Waals surface area contributed by atoms with Crippen LogP contribution in [0.25, 0.3) is 0 Å². The molecule has 2 aromatic rings. The highest BCUT2D eigenvalue weighted by Crippen LogP contribution is 2.21. The van der Waals surface area contributed by atoms with Gasteiger partial charge in [-0.2, -0.15) is 4.31 Å². The van der Waals surface area contributed by atoms with Crippen molar-refractivity contribution in [2.45, 2.75) is 24.8 Å². The van der Waals surface area contributed by atoms with E-state index in [4.69, 9.17) is 4.74 Å². The van der Waals surface area contributed by atoms with E-state index < -0.39 is 10.0 Å². The van der Waals surface area contributed by atoms with Crippen molar-refractivity contribution < 1.29 is 17.9 Å². The molecule has 6 nitrogen and oxygen atoms in total. The van der Waals surface area contributed by atoms with Gasteiger partial charge in [-0.25, -0.2) is 8.42 Å². The van der Waals surface area contributed by atoms with Crippen LogP contribution in [0.4, 0.5) is 0 Å². The van der Waals surface area contributed by atoms with Gasteiger partial charge in [-0.1, -0.05) is 25.1 Å². The van der Waals surface area contributed by atoms with E-state index in [1.165, 1.54) is 23.5 Å². The van der Waals surface area contributed by atoms with Crippen LogP contribution in [0, 0.1) is 0 Å². The summed E-state index contributed by atoms with van der Waals surface area (Å²) in [4.78, 5) is 12.2. The van der Waals surface area contributed by atoms with Crippen LogP contribution < -0.4 is 10.1 Å². The first kappa shape index (κ1) is 21.7. The Labute approximate surface area is 166 Å². The third-order valence-corrected chi connectivity index (χ3v) is 5.97. The summed E-state index contributed by atoms with van der Waals surface area (Å²) in [6, 6.07) is 13.2. The molecule has 0 fully saturated rings. The minimum Gasteiger partial charge on any atom is -0.497 e. The van der Waals surface area contributed by atoms with Crippen molar-refractivity contribution in [1.29, 1.82) is 0 Å². The molecule has 7 heteroatoms. The van der Waals surface area contributed by atoms with E-state index in [0.717, 1.165) is 12.0 Å². The van der Waals surface area contributed by atoms with Crippen molar-refractivity contribution in [1.82, 2.24) is 9.62 Å². The molecular formula is C21H26N2O4S. The van der Waals surface area contributed by atoms with Gasteiger partial charge in [0.1, 0.15) is 5.75 Å². The predicted molar refractivity (Wildman–Crippen MR) is 110 cm³/mol. The molecule has 0 aliphatic carbocycles. The molecule has 0 unspecified atom stereocenters. The third-order valence-electron chi connectivity index (χ3n) is 4.14. The van der Waals surface area contributed by atoms with Gasteiger partial charge < -0.3 is 10.1 Å². The lowest BCUT2D eigenvalue weighted by atomic mass is 10.1. The summed E-state index contributed by atoms with van der Waals surface area (Å²) in [5, 5.41) is 2.82. The number of amides is 1. The number of methoxy groups -OCH3 is 1. The van der Waals surface area contributed by atoms with E-state index in [-0.39, 0.29) is 23.9 Å². The minimum absolute atomic E-state index is 0.137. The molecule has 0 bridgehead atoms. The first-order valence-corrected chi connectivity index (χ1v) is 10.5. The average molecular weight is 403 g/mol. The van der Waals surface area contributed by atoms with Crippen LogP contribution in [-0.2, 0) is 16.6 Å². The third kappa shape index (κ3) is 5.43. The SMILES string of the molecule is C=CCN(Cc1ccc(C(=O)NCCC)cc1)S(=O)(=O)c1ccc(OC)cc1. The number of nitrogens with zero attached hydrogens (tertiary/aromatic N) is 1. The van der Waals surface area contributed by atoms with Crippen LogP contribution in [0.2, 0.25) is 0 Å². The number of rotatable bonds is 10. The first-order chi connectivity index (χ1) is 13.4. The van der Waals surface area contributed by atoms with E-state index in [0.29, 0.717) is 17.9 Å². The van der Waals surface area contributed by atoms with E-state index in [2.05, 4.69) is 11.9 Å². The number of benzene rings is 2. The molecule has 0 aliphatic rings. The fourth-order valence-electron chi connectivity index (χ4n) is 2.59. The summed E-state index contributed by atoms with van der Waals surface area (Å²) in [5.41, 5.74) is 1.33. The lowest BCUT2D eigenvalue weighted by Gasteiger charge is -2.21. The second-order valence-electron chi connectivity index (χ2n) is 6.21. The smallest absolute Gasteiger partial charge is 0.251 e. The second kappa shape index (κ2) is 10.1. The molecule has 0 saturated carbocycles. The minimum atomic E-state index is -3.70. The maximum atomic E-state index is 13.0. The number of sulfonamides is 1.